The number of nitrogens with zero attached hydrogens (tertiary/aromatic N) is 1. The summed E-state index contributed by atoms with van der Waals surface area (Å²) >= 11 is 0. The van der Waals surface area contributed by atoms with Crippen molar-refractivity contribution in [3.05, 3.63) is 0 Å². The molecule has 18 heteroatoms. The van der Waals surface area contributed by atoms with Gasteiger partial charge in [-0.1, -0.05) is 6.92 Å². The van der Waals surface area contributed by atoms with Crippen LogP contribution < -0.4 is 0 Å². The molecule has 0 atom stereocenters. The van der Waals surface area contributed by atoms with E-state index in [1.54, 1.807) is 0 Å². The fraction of sp³-hybridized carbons (Fsp3) is 1.00. The summed E-state index contributed by atoms with van der Waals surface area (Å²) in [5, 5.41) is 0. The lowest BCUT2D eigenvalue weighted by Crippen LogP contribution is -2.47. The predicted molar refractivity (Wildman–Crippen MR) is 84.1 cm³/mol. The van der Waals surface area contributed by atoms with Crippen LogP contribution in [-0.4, -0.2) is 59.7 Å². The summed E-state index contributed by atoms with van der Waals surface area (Å²) in [4.78, 5) is 0. The van der Waals surface area contributed by atoms with Crippen molar-refractivity contribution in [2.75, 3.05) is 33.5 Å². The van der Waals surface area contributed by atoms with Gasteiger partial charge in [0.1, 0.15) is 0 Å². The molecule has 0 aromatic rings. The molecule has 0 bridgehead atoms. The summed E-state index contributed by atoms with van der Waals surface area (Å²) in [6.07, 6.45) is 4.07. The Bertz CT molecular complexity index is 281. The molecule has 1 saturated heterocycles. The van der Waals surface area contributed by atoms with Crippen LogP contribution in [0.15, 0.2) is 0 Å². The molecule has 0 spiro atoms. The van der Waals surface area contributed by atoms with E-state index in [-0.39, 0.29) is 12.4 Å². The van der Waals surface area contributed by atoms with E-state index in [2.05, 4.69) is 6.92 Å². The Morgan fingerprint density at radius 1 is 0.704 bits per heavy atom. The highest BCUT2D eigenvalue weighted by atomic mass is 35.5. The highest BCUT2D eigenvalue weighted by Gasteiger charge is 2.30. The number of ether oxygens (including phenoxy) is 1. The summed E-state index contributed by atoms with van der Waals surface area (Å²) in [5.41, 5.74) is 0. The lowest BCUT2D eigenvalue weighted by Gasteiger charge is -2.32. The molecule has 0 unspecified atom stereocenters. The molecule has 170 valence electrons. The normalized spacial score (nSPS) is 15.8. The van der Waals surface area contributed by atoms with Gasteiger partial charge in [-0.05, 0) is 6.42 Å². The maximum Gasteiger partial charge on any atom is 0.673 e. The number of hydrogen-bond acceptors (Lipinski definition) is 1. The van der Waals surface area contributed by atoms with Crippen molar-refractivity contribution in [3.63, 3.8) is 0 Å². The smallest absolute Gasteiger partial charge is 0.418 e. The van der Waals surface area contributed by atoms with Crippen LogP contribution in [-0.2, 0) is 4.74 Å². The molecule has 1 fully saturated rings. The minimum Gasteiger partial charge on any atom is -0.418 e. The lowest BCUT2D eigenvalue weighted by atomic mass is 10.3. The number of methoxy groups -OCH3 is 1. The minimum absolute atomic E-state index is 0. The molecule has 0 amide bonds. The molecule has 1 aliphatic heterocycles. The molecular weight excluding hydrogens is 434 g/mol. The number of rotatable bonds is 4. The first kappa shape index (κ1) is 34.1. The zero-order valence-corrected chi connectivity index (χ0v) is 15.3. The molecule has 1 heterocycles. The van der Waals surface area contributed by atoms with Crippen molar-refractivity contribution >= 4 is 34.2 Å². The predicted octanol–water partition coefficient (Wildman–Crippen LogP) is 5.93. The lowest BCUT2D eigenvalue weighted by molar-refractivity contribution is -0.934. The van der Waals surface area contributed by atoms with E-state index in [9.17, 15) is 51.8 Å². The van der Waals surface area contributed by atoms with E-state index in [0.29, 0.717) is 0 Å². The first-order valence-corrected chi connectivity index (χ1v) is 7.29. The van der Waals surface area contributed by atoms with Gasteiger partial charge in [-0.25, -0.2) is 0 Å². The molecule has 0 radical (unpaired) electrons. The topological polar surface area (TPSA) is 9.23 Å². The van der Waals surface area contributed by atoms with Crippen molar-refractivity contribution in [2.24, 2.45) is 0 Å². The van der Waals surface area contributed by atoms with Gasteiger partial charge in [-0.15, -0.1) is 12.4 Å². The number of quaternary nitrogens is 1. The van der Waals surface area contributed by atoms with Crippen molar-refractivity contribution in [1.82, 2.24) is 0 Å². The van der Waals surface area contributed by atoms with E-state index < -0.39 is 21.8 Å². The van der Waals surface area contributed by atoms with Gasteiger partial charge in [0.15, 0.2) is 6.73 Å². The summed E-state index contributed by atoms with van der Waals surface area (Å²) in [6.45, 7) is 7.15. The number of hydrogen-bond donors (Lipinski definition) is 0. The van der Waals surface area contributed by atoms with Gasteiger partial charge in [0.2, 0.25) is 0 Å². The zero-order chi connectivity index (χ0) is 21.7. The second kappa shape index (κ2) is 15.5. The van der Waals surface area contributed by atoms with Gasteiger partial charge in [0.05, 0.1) is 19.6 Å². The first-order valence-electron chi connectivity index (χ1n) is 7.29. The van der Waals surface area contributed by atoms with Gasteiger partial charge in [-0.3, -0.25) is 0 Å². The summed E-state index contributed by atoms with van der Waals surface area (Å²) in [7, 11) is -16.2. The fourth-order valence-electron chi connectivity index (χ4n) is 2.17. The molecule has 27 heavy (non-hydrogen) atoms. The van der Waals surface area contributed by atoms with Crippen molar-refractivity contribution < 1.29 is 61.0 Å². The molecule has 0 saturated carbocycles. The molecule has 1 rings (SSSR count). The second-order valence-corrected chi connectivity index (χ2v) is 5.12. The Morgan fingerprint density at radius 3 is 1.15 bits per heavy atom. The summed E-state index contributed by atoms with van der Waals surface area (Å²) < 4.78 is 123. The molecule has 0 aromatic heterocycles. The van der Waals surface area contributed by atoms with Crippen molar-refractivity contribution in [3.8, 4) is 0 Å². The van der Waals surface area contributed by atoms with Crippen LogP contribution in [0.4, 0.5) is 51.8 Å². The Hall–Kier alpha value is -0.435. The number of likely N-dealkylation sites (tertiary alicyclic amines) is 1. The largest absolute Gasteiger partial charge is 0.673 e. The van der Waals surface area contributed by atoms with Crippen LogP contribution in [0.25, 0.3) is 0 Å². The van der Waals surface area contributed by atoms with Crippen LogP contribution in [0, 0.1) is 0 Å². The Morgan fingerprint density at radius 2 is 0.963 bits per heavy atom. The van der Waals surface area contributed by atoms with E-state index >= 15 is 0 Å². The van der Waals surface area contributed by atoms with E-state index in [0.717, 1.165) is 6.73 Å². The third-order valence-corrected chi connectivity index (χ3v) is 2.62. The van der Waals surface area contributed by atoms with Gasteiger partial charge >= 0.3 is 21.8 Å². The average Bonchev–Trinajstić information content (AvgIpc) is 2.71. The third kappa shape index (κ3) is 51.7. The Labute approximate surface area is 155 Å². The maximum absolute atomic E-state index is 9.75. The Balaban J connectivity index is -0.000000142. The SMILES string of the molecule is CCC[N+]1(COC)CCCC1.Cl.F[B-](F)(F)F.F[B-](F)(F)F.F[B-](F)(F)F. The average molecular weight is 455 g/mol. The standard InChI is InChI=1S/C9H20NO.3BF4.ClH/c1-3-6-10(9-11-2)7-4-5-8-10;3*2-1(3,4)5;/h3-9H2,1-2H3;;;;1H/q+1;3*-1;. The van der Waals surface area contributed by atoms with Crippen LogP contribution >= 0.6 is 12.4 Å². The van der Waals surface area contributed by atoms with Crippen molar-refractivity contribution in [1.29, 1.82) is 0 Å². The highest BCUT2D eigenvalue weighted by Crippen LogP contribution is 2.19. The molecule has 2 nitrogen and oxygen atoms in total. The van der Waals surface area contributed by atoms with Gasteiger partial charge < -0.3 is 61.0 Å². The maximum atomic E-state index is 9.75. The van der Waals surface area contributed by atoms with Crippen molar-refractivity contribution in [2.45, 2.75) is 26.2 Å². The summed E-state index contributed by atoms with van der Waals surface area (Å²) in [5.74, 6) is 0. The van der Waals surface area contributed by atoms with Gasteiger partial charge in [0, 0.05) is 20.0 Å². The Kier molecular flexibility index (Phi) is 19.6. The van der Waals surface area contributed by atoms with Crippen LogP contribution in [0.2, 0.25) is 0 Å². The molecule has 0 aromatic carbocycles. The second-order valence-electron chi connectivity index (χ2n) is 5.12. The van der Waals surface area contributed by atoms with Crippen LogP contribution in [0.1, 0.15) is 26.2 Å². The first-order chi connectivity index (χ1) is 11.3. The van der Waals surface area contributed by atoms with Crippen LogP contribution in [0.3, 0.4) is 0 Å². The van der Waals surface area contributed by atoms with E-state index in [4.69, 9.17) is 4.74 Å². The molecule has 1 aliphatic rings. The fourth-order valence-corrected chi connectivity index (χ4v) is 2.17. The third-order valence-electron chi connectivity index (χ3n) is 2.62. The quantitative estimate of drug-likeness (QED) is 0.290. The molecule has 0 aliphatic carbocycles. The molecule has 0 N–H and O–H groups in total. The van der Waals surface area contributed by atoms with E-state index in [1.165, 1.54) is 43.4 Å². The highest BCUT2D eigenvalue weighted by molar-refractivity contribution is 6.50. The monoisotopic (exact) mass is 455 g/mol. The zero-order valence-electron chi connectivity index (χ0n) is 14.5. The van der Waals surface area contributed by atoms with E-state index in [1.807, 2.05) is 7.11 Å². The number of halogens is 13. The van der Waals surface area contributed by atoms with Gasteiger partial charge in [-0.2, -0.15) is 0 Å². The van der Waals surface area contributed by atoms with Gasteiger partial charge in [0.25, 0.3) is 0 Å². The van der Waals surface area contributed by atoms with Crippen LogP contribution in [0.5, 0.6) is 0 Å². The summed E-state index contributed by atoms with van der Waals surface area (Å²) in [6, 6.07) is 0. The minimum atomic E-state index is -6.00. The molecular formula is C9H21B3ClF12NO-2.